The van der Waals surface area contributed by atoms with Crippen LogP contribution in [0.25, 0.3) is 0 Å². The van der Waals surface area contributed by atoms with Crippen LogP contribution in [0.1, 0.15) is 17.3 Å². The Balaban J connectivity index is 2.81. The number of nitrogens with one attached hydrogen (secondary N) is 1. The average Bonchev–Trinajstić information content (AvgIpc) is 2.21. The minimum absolute atomic E-state index is 0.356. The van der Waals surface area contributed by atoms with Crippen LogP contribution in [0.5, 0.6) is 0 Å². The zero-order valence-corrected chi connectivity index (χ0v) is 10.1. The molecule has 86 valence electrons. The van der Waals surface area contributed by atoms with Crippen LogP contribution < -0.4 is 11.1 Å². The van der Waals surface area contributed by atoms with Crippen molar-refractivity contribution >= 4 is 33.5 Å². The smallest absolute Gasteiger partial charge is 0.325 e. The number of amides is 1. The highest BCUT2D eigenvalue weighted by Gasteiger charge is 2.15. The molecule has 0 aromatic heterocycles. The summed E-state index contributed by atoms with van der Waals surface area (Å²) in [5.74, 6) is -1.53. The van der Waals surface area contributed by atoms with E-state index in [0.29, 0.717) is 15.7 Å². The number of carbonyl (C=O) groups is 2. The van der Waals surface area contributed by atoms with Gasteiger partial charge in [0.25, 0.3) is 5.91 Å². The maximum atomic E-state index is 11.6. The summed E-state index contributed by atoms with van der Waals surface area (Å²) in [6.45, 7) is 1.40. The summed E-state index contributed by atoms with van der Waals surface area (Å²) in [5.41, 5.74) is 6.44. The number of anilines is 1. The number of nitrogen functional groups attached to an aromatic ring is 1. The molecule has 0 saturated heterocycles. The van der Waals surface area contributed by atoms with Gasteiger partial charge >= 0.3 is 5.97 Å². The van der Waals surface area contributed by atoms with Crippen LogP contribution in [-0.2, 0) is 4.79 Å². The van der Waals surface area contributed by atoms with E-state index in [0.717, 1.165) is 0 Å². The molecule has 1 aromatic rings. The normalized spacial score (nSPS) is 11.9. The van der Waals surface area contributed by atoms with Gasteiger partial charge in [-0.3, -0.25) is 9.59 Å². The van der Waals surface area contributed by atoms with Crippen molar-refractivity contribution < 1.29 is 14.7 Å². The highest BCUT2D eigenvalue weighted by Crippen LogP contribution is 2.20. The lowest BCUT2D eigenvalue weighted by Crippen LogP contribution is -2.38. The van der Waals surface area contributed by atoms with E-state index in [9.17, 15) is 9.59 Å². The van der Waals surface area contributed by atoms with Crippen molar-refractivity contribution in [2.24, 2.45) is 0 Å². The maximum absolute atomic E-state index is 11.6. The van der Waals surface area contributed by atoms with Crippen molar-refractivity contribution in [2.75, 3.05) is 5.73 Å². The minimum Gasteiger partial charge on any atom is -0.480 e. The number of benzene rings is 1. The molecule has 0 unspecified atom stereocenters. The molecule has 0 fully saturated rings. The van der Waals surface area contributed by atoms with Gasteiger partial charge in [0, 0.05) is 15.7 Å². The first-order chi connectivity index (χ1) is 7.41. The second-order valence-corrected chi connectivity index (χ2v) is 4.12. The molecule has 1 atom stereocenters. The van der Waals surface area contributed by atoms with Crippen molar-refractivity contribution in [3.8, 4) is 0 Å². The van der Waals surface area contributed by atoms with Gasteiger partial charge in [0.2, 0.25) is 0 Å². The molecule has 0 saturated carbocycles. The number of halogens is 1. The molecule has 5 nitrogen and oxygen atoms in total. The summed E-state index contributed by atoms with van der Waals surface area (Å²) in [4.78, 5) is 22.1. The quantitative estimate of drug-likeness (QED) is 0.729. The molecule has 1 aromatic carbocycles. The second-order valence-electron chi connectivity index (χ2n) is 3.27. The van der Waals surface area contributed by atoms with Crippen molar-refractivity contribution in [1.82, 2.24) is 5.32 Å². The van der Waals surface area contributed by atoms with Crippen molar-refractivity contribution in [3.05, 3.63) is 28.2 Å². The third-order valence-corrected chi connectivity index (χ3v) is 2.67. The minimum atomic E-state index is -1.08. The van der Waals surface area contributed by atoms with Crippen LogP contribution in [0.15, 0.2) is 22.7 Å². The number of hydrogen-bond donors (Lipinski definition) is 3. The van der Waals surface area contributed by atoms with E-state index in [2.05, 4.69) is 21.2 Å². The molecule has 0 spiro atoms. The van der Waals surface area contributed by atoms with Gasteiger partial charge in [0.05, 0.1) is 0 Å². The SMILES string of the molecule is C[C@@H](NC(=O)c1ccc(N)c(Br)c1)C(=O)O. The highest BCUT2D eigenvalue weighted by molar-refractivity contribution is 9.10. The fraction of sp³-hybridized carbons (Fsp3) is 0.200. The molecule has 0 bridgehead atoms. The number of aliphatic carboxylic acids is 1. The standard InChI is InChI=1S/C10H11BrN2O3/c1-5(10(15)16)13-9(14)6-2-3-8(12)7(11)4-6/h2-5H,12H2,1H3,(H,13,14)(H,15,16)/t5-/m1/s1. The van der Waals surface area contributed by atoms with Crippen molar-refractivity contribution in [3.63, 3.8) is 0 Å². The summed E-state index contributed by atoms with van der Waals surface area (Å²) in [7, 11) is 0. The monoisotopic (exact) mass is 286 g/mol. The number of nitrogens with two attached hydrogens (primary N) is 1. The molecular formula is C10H11BrN2O3. The molecule has 0 radical (unpaired) electrons. The van der Waals surface area contributed by atoms with E-state index in [1.54, 1.807) is 12.1 Å². The Hall–Kier alpha value is -1.56. The number of hydrogen-bond acceptors (Lipinski definition) is 3. The van der Waals surface area contributed by atoms with E-state index in [4.69, 9.17) is 10.8 Å². The Morgan fingerprint density at radius 1 is 1.50 bits per heavy atom. The number of carboxylic acids is 1. The fourth-order valence-corrected chi connectivity index (χ4v) is 1.39. The summed E-state index contributed by atoms with van der Waals surface area (Å²) in [6.07, 6.45) is 0. The Labute approximate surface area is 101 Å². The highest BCUT2D eigenvalue weighted by atomic mass is 79.9. The Morgan fingerprint density at radius 2 is 2.12 bits per heavy atom. The summed E-state index contributed by atoms with van der Waals surface area (Å²) < 4.78 is 0.600. The van der Waals surface area contributed by atoms with Gasteiger partial charge in [-0.15, -0.1) is 0 Å². The van der Waals surface area contributed by atoms with E-state index in [1.165, 1.54) is 13.0 Å². The van der Waals surface area contributed by atoms with Gasteiger partial charge in [-0.05, 0) is 41.1 Å². The first-order valence-corrected chi connectivity index (χ1v) is 5.30. The van der Waals surface area contributed by atoms with E-state index >= 15 is 0 Å². The molecular weight excluding hydrogens is 276 g/mol. The van der Waals surface area contributed by atoms with Gasteiger partial charge in [0.1, 0.15) is 6.04 Å². The van der Waals surface area contributed by atoms with Crippen LogP contribution >= 0.6 is 15.9 Å². The molecule has 0 aliphatic rings. The number of carboxylic acid groups (broad SMARTS) is 1. The number of carbonyl (C=O) groups excluding carboxylic acids is 1. The summed E-state index contributed by atoms with van der Waals surface area (Å²) >= 11 is 3.19. The molecule has 16 heavy (non-hydrogen) atoms. The zero-order valence-electron chi connectivity index (χ0n) is 8.53. The van der Waals surface area contributed by atoms with Gasteiger partial charge in [-0.25, -0.2) is 0 Å². The average molecular weight is 287 g/mol. The van der Waals surface area contributed by atoms with Gasteiger partial charge < -0.3 is 16.2 Å². The lowest BCUT2D eigenvalue weighted by atomic mass is 10.2. The molecule has 1 rings (SSSR count). The van der Waals surface area contributed by atoms with Crippen LogP contribution in [0.4, 0.5) is 5.69 Å². The van der Waals surface area contributed by atoms with Gasteiger partial charge in [-0.2, -0.15) is 0 Å². The Morgan fingerprint density at radius 3 is 2.62 bits per heavy atom. The van der Waals surface area contributed by atoms with Crippen molar-refractivity contribution in [1.29, 1.82) is 0 Å². The Bertz CT molecular complexity index is 434. The van der Waals surface area contributed by atoms with Crippen molar-refractivity contribution in [2.45, 2.75) is 13.0 Å². The van der Waals surface area contributed by atoms with E-state index in [1.807, 2.05) is 0 Å². The van der Waals surface area contributed by atoms with Crippen LogP contribution in [0.2, 0.25) is 0 Å². The maximum Gasteiger partial charge on any atom is 0.325 e. The van der Waals surface area contributed by atoms with Crippen LogP contribution in [0, 0.1) is 0 Å². The topological polar surface area (TPSA) is 92.4 Å². The van der Waals surface area contributed by atoms with E-state index in [-0.39, 0.29) is 0 Å². The third kappa shape index (κ3) is 2.96. The molecule has 6 heteroatoms. The number of rotatable bonds is 3. The molecule has 0 aliphatic heterocycles. The third-order valence-electron chi connectivity index (χ3n) is 1.98. The van der Waals surface area contributed by atoms with Crippen LogP contribution in [-0.4, -0.2) is 23.0 Å². The van der Waals surface area contributed by atoms with Gasteiger partial charge in [0.15, 0.2) is 0 Å². The lowest BCUT2D eigenvalue weighted by Gasteiger charge is -2.09. The summed E-state index contributed by atoms with van der Waals surface area (Å²) in [6, 6.07) is 3.72. The predicted octanol–water partition coefficient (Wildman–Crippen LogP) is 1.23. The fourth-order valence-electron chi connectivity index (χ4n) is 1.01. The second kappa shape index (κ2) is 4.98. The van der Waals surface area contributed by atoms with Gasteiger partial charge in [-0.1, -0.05) is 0 Å². The molecule has 1 amide bonds. The summed E-state index contributed by atoms with van der Waals surface area (Å²) in [5, 5.41) is 11.0. The predicted molar refractivity (Wildman–Crippen MR) is 63.1 cm³/mol. The lowest BCUT2D eigenvalue weighted by molar-refractivity contribution is -0.138. The molecule has 4 N–H and O–H groups in total. The first-order valence-electron chi connectivity index (χ1n) is 4.50. The molecule has 0 aliphatic carbocycles. The largest absolute Gasteiger partial charge is 0.480 e. The van der Waals surface area contributed by atoms with E-state index < -0.39 is 17.9 Å². The van der Waals surface area contributed by atoms with Crippen LogP contribution in [0.3, 0.4) is 0 Å². The Kier molecular flexibility index (Phi) is 3.89. The zero-order chi connectivity index (χ0) is 12.3. The molecule has 0 heterocycles. The first kappa shape index (κ1) is 12.5.